The summed E-state index contributed by atoms with van der Waals surface area (Å²) in [7, 11) is 0. The molecule has 3 amide bonds. The number of amides is 3. The SMILES string of the molecule is CCCN(CC(=O)N1CCc2sccc2C1COc1ccc(Cl)c(C)c1)C(=O)Nc1cccc(Cl)c1. The molecule has 2 aromatic carbocycles. The van der Waals surface area contributed by atoms with E-state index in [-0.39, 0.29) is 24.5 Å². The Labute approximate surface area is 225 Å². The molecule has 36 heavy (non-hydrogen) atoms. The molecule has 0 saturated carbocycles. The average Bonchev–Trinajstić information content (AvgIpc) is 3.33. The van der Waals surface area contributed by atoms with E-state index in [1.54, 1.807) is 40.5 Å². The van der Waals surface area contributed by atoms with Crippen molar-refractivity contribution in [3.8, 4) is 5.75 Å². The molecular weight excluding hydrogens is 517 g/mol. The number of halogens is 2. The van der Waals surface area contributed by atoms with Crippen molar-refractivity contribution >= 4 is 52.2 Å². The Morgan fingerprint density at radius 1 is 1.19 bits per heavy atom. The first kappa shape index (κ1) is 26.3. The maximum absolute atomic E-state index is 13.6. The molecule has 1 unspecified atom stereocenters. The minimum Gasteiger partial charge on any atom is -0.491 e. The molecular formula is C27H29Cl2N3O3S. The predicted octanol–water partition coefficient (Wildman–Crippen LogP) is 6.81. The van der Waals surface area contributed by atoms with Crippen molar-refractivity contribution in [3.63, 3.8) is 0 Å². The second kappa shape index (κ2) is 12.0. The van der Waals surface area contributed by atoms with Crippen LogP contribution in [0.25, 0.3) is 0 Å². The number of thiophene rings is 1. The number of carbonyl (C=O) groups is 2. The standard InChI is InChI=1S/C27H29Cl2N3O3S/c1-3-11-31(27(34)30-20-6-4-5-19(28)15-20)16-26(33)32-12-9-25-22(10-13-36-25)24(32)17-35-21-7-8-23(29)18(2)14-21/h4-8,10,13-15,24H,3,9,11-12,16-17H2,1-2H3,(H,30,34). The summed E-state index contributed by atoms with van der Waals surface area (Å²) < 4.78 is 6.12. The Balaban J connectivity index is 1.48. The molecule has 6 nitrogen and oxygen atoms in total. The maximum atomic E-state index is 13.6. The van der Waals surface area contributed by atoms with Crippen molar-refractivity contribution < 1.29 is 14.3 Å². The van der Waals surface area contributed by atoms with Gasteiger partial charge in [0.1, 0.15) is 18.9 Å². The average molecular weight is 547 g/mol. The second-order valence-electron chi connectivity index (χ2n) is 8.74. The summed E-state index contributed by atoms with van der Waals surface area (Å²) in [5, 5.41) is 6.12. The van der Waals surface area contributed by atoms with E-state index in [4.69, 9.17) is 27.9 Å². The van der Waals surface area contributed by atoms with Crippen LogP contribution in [0.4, 0.5) is 10.5 Å². The van der Waals surface area contributed by atoms with Gasteiger partial charge in [-0.25, -0.2) is 4.79 Å². The second-order valence-corrected chi connectivity index (χ2v) is 10.6. The van der Waals surface area contributed by atoms with Crippen molar-refractivity contribution in [2.24, 2.45) is 0 Å². The number of carbonyl (C=O) groups excluding carboxylic acids is 2. The van der Waals surface area contributed by atoms with Crippen LogP contribution < -0.4 is 10.1 Å². The molecule has 1 atom stereocenters. The van der Waals surface area contributed by atoms with Crippen molar-refractivity contribution in [2.75, 3.05) is 31.6 Å². The van der Waals surface area contributed by atoms with Gasteiger partial charge >= 0.3 is 6.03 Å². The number of urea groups is 1. The van der Waals surface area contributed by atoms with Crippen LogP contribution >= 0.6 is 34.5 Å². The van der Waals surface area contributed by atoms with Crippen molar-refractivity contribution in [1.29, 1.82) is 0 Å². The highest BCUT2D eigenvalue weighted by Gasteiger charge is 2.33. The number of fused-ring (bicyclic) bond motifs is 1. The van der Waals surface area contributed by atoms with E-state index < -0.39 is 0 Å². The van der Waals surface area contributed by atoms with Gasteiger partial charge < -0.3 is 19.9 Å². The maximum Gasteiger partial charge on any atom is 0.322 e. The topological polar surface area (TPSA) is 61.9 Å². The van der Waals surface area contributed by atoms with Gasteiger partial charge in [-0.2, -0.15) is 0 Å². The molecule has 3 aromatic rings. The van der Waals surface area contributed by atoms with Gasteiger partial charge in [-0.15, -0.1) is 11.3 Å². The number of ether oxygens (including phenoxy) is 1. The van der Waals surface area contributed by atoms with E-state index in [0.29, 0.717) is 41.2 Å². The first-order valence-corrected chi connectivity index (χ1v) is 13.6. The van der Waals surface area contributed by atoms with Crippen LogP contribution in [0.2, 0.25) is 10.0 Å². The van der Waals surface area contributed by atoms with Crippen molar-refractivity contribution in [1.82, 2.24) is 9.80 Å². The Kier molecular flexibility index (Phi) is 8.77. The number of anilines is 1. The fraction of sp³-hybridized carbons (Fsp3) is 0.333. The monoisotopic (exact) mass is 545 g/mol. The normalized spacial score (nSPS) is 14.8. The number of rotatable bonds is 8. The molecule has 0 spiro atoms. The third kappa shape index (κ3) is 6.33. The minimum absolute atomic E-state index is 0.0176. The third-order valence-corrected chi connectivity index (χ3v) is 7.79. The molecule has 1 N–H and O–H groups in total. The fourth-order valence-corrected chi connectivity index (χ4v) is 5.54. The molecule has 9 heteroatoms. The van der Waals surface area contributed by atoms with Gasteiger partial charge in [0.25, 0.3) is 0 Å². The Bertz CT molecular complexity index is 1230. The Morgan fingerprint density at radius 2 is 2.03 bits per heavy atom. The van der Waals surface area contributed by atoms with E-state index in [9.17, 15) is 9.59 Å². The van der Waals surface area contributed by atoms with Crippen molar-refractivity contribution in [2.45, 2.75) is 32.7 Å². The molecule has 1 aliphatic rings. The summed E-state index contributed by atoms with van der Waals surface area (Å²) in [6, 6.07) is 14.0. The Morgan fingerprint density at radius 3 is 2.78 bits per heavy atom. The lowest BCUT2D eigenvalue weighted by Crippen LogP contribution is -2.48. The first-order chi connectivity index (χ1) is 17.4. The summed E-state index contributed by atoms with van der Waals surface area (Å²) in [5.74, 6) is 0.600. The van der Waals surface area contributed by atoms with Crippen LogP contribution in [-0.4, -0.2) is 48.0 Å². The van der Waals surface area contributed by atoms with Crippen LogP contribution in [0.1, 0.15) is 35.4 Å². The summed E-state index contributed by atoms with van der Waals surface area (Å²) in [6.07, 6.45) is 1.52. The van der Waals surface area contributed by atoms with E-state index in [1.165, 1.54) is 4.88 Å². The number of nitrogens with one attached hydrogen (secondary N) is 1. The molecule has 1 aromatic heterocycles. The zero-order chi connectivity index (χ0) is 25.7. The molecule has 0 radical (unpaired) electrons. The van der Waals surface area contributed by atoms with Gasteiger partial charge in [-0.3, -0.25) is 4.79 Å². The van der Waals surface area contributed by atoms with Gasteiger partial charge in [0.15, 0.2) is 0 Å². The molecule has 0 bridgehead atoms. The van der Waals surface area contributed by atoms with E-state index in [1.807, 2.05) is 36.9 Å². The van der Waals surface area contributed by atoms with Crippen molar-refractivity contribution in [3.05, 3.63) is 80.0 Å². The van der Waals surface area contributed by atoms with Crippen LogP contribution in [0, 0.1) is 6.92 Å². The number of nitrogens with zero attached hydrogens (tertiary/aromatic N) is 2. The number of benzene rings is 2. The largest absolute Gasteiger partial charge is 0.491 e. The van der Waals surface area contributed by atoms with Crippen LogP contribution in [0.3, 0.4) is 0 Å². The van der Waals surface area contributed by atoms with Gasteiger partial charge in [-0.05, 0) is 78.7 Å². The van der Waals surface area contributed by atoms with Crippen LogP contribution in [0.15, 0.2) is 53.9 Å². The van der Waals surface area contributed by atoms with Gasteiger partial charge in [0, 0.05) is 33.7 Å². The Hall–Kier alpha value is -2.74. The smallest absolute Gasteiger partial charge is 0.322 e. The zero-order valence-electron chi connectivity index (χ0n) is 20.3. The summed E-state index contributed by atoms with van der Waals surface area (Å²) in [6.45, 7) is 5.25. The summed E-state index contributed by atoms with van der Waals surface area (Å²) in [4.78, 5) is 31.2. The highest BCUT2D eigenvalue weighted by Crippen LogP contribution is 2.34. The van der Waals surface area contributed by atoms with Gasteiger partial charge in [-0.1, -0.05) is 36.2 Å². The first-order valence-electron chi connectivity index (χ1n) is 11.9. The lowest BCUT2D eigenvalue weighted by molar-refractivity contribution is -0.135. The van der Waals surface area contributed by atoms with Gasteiger partial charge in [0.2, 0.25) is 5.91 Å². The lowest BCUT2D eigenvalue weighted by Gasteiger charge is -2.37. The number of aryl methyl sites for hydroxylation is 1. The molecule has 0 saturated heterocycles. The predicted molar refractivity (Wildman–Crippen MR) is 146 cm³/mol. The molecule has 4 rings (SSSR count). The summed E-state index contributed by atoms with van der Waals surface area (Å²) in [5.41, 5.74) is 2.63. The third-order valence-electron chi connectivity index (χ3n) is 6.14. The summed E-state index contributed by atoms with van der Waals surface area (Å²) >= 11 is 13.9. The van der Waals surface area contributed by atoms with E-state index in [2.05, 4.69) is 16.8 Å². The molecule has 190 valence electrons. The molecule has 0 aliphatic carbocycles. The zero-order valence-corrected chi connectivity index (χ0v) is 22.6. The van der Waals surface area contributed by atoms with Crippen LogP contribution in [-0.2, 0) is 11.2 Å². The van der Waals surface area contributed by atoms with E-state index in [0.717, 1.165) is 24.0 Å². The number of hydrogen-bond donors (Lipinski definition) is 1. The highest BCUT2D eigenvalue weighted by molar-refractivity contribution is 7.10. The molecule has 1 aliphatic heterocycles. The van der Waals surface area contributed by atoms with E-state index >= 15 is 0 Å². The highest BCUT2D eigenvalue weighted by atomic mass is 35.5. The molecule has 2 heterocycles. The quantitative estimate of drug-likeness (QED) is 0.338. The fourth-order valence-electron chi connectivity index (χ4n) is 4.30. The molecule has 0 fully saturated rings. The van der Waals surface area contributed by atoms with Gasteiger partial charge in [0.05, 0.1) is 6.04 Å². The van der Waals surface area contributed by atoms with Crippen LogP contribution in [0.5, 0.6) is 5.75 Å². The number of hydrogen-bond acceptors (Lipinski definition) is 4. The lowest BCUT2D eigenvalue weighted by atomic mass is 10.0. The minimum atomic E-state index is -0.329.